The standard InChI is InChI=1S/C15H14N2/c1-11-5-3-8-15(12(11)2)17-14-7-4-6-13(9-14)10-16/h3-9,17H,1-2H3. The highest BCUT2D eigenvalue weighted by Gasteiger charge is 2.01. The van der Waals surface area contributed by atoms with Gasteiger partial charge in [0.2, 0.25) is 0 Å². The first-order chi connectivity index (χ1) is 8.20. The van der Waals surface area contributed by atoms with Crippen molar-refractivity contribution in [3.8, 4) is 6.07 Å². The summed E-state index contributed by atoms with van der Waals surface area (Å²) in [6.07, 6.45) is 0. The fourth-order valence-corrected chi connectivity index (χ4v) is 1.71. The maximum atomic E-state index is 8.85. The van der Waals surface area contributed by atoms with Crippen LogP contribution < -0.4 is 5.32 Å². The van der Waals surface area contributed by atoms with E-state index >= 15 is 0 Å². The van der Waals surface area contributed by atoms with Gasteiger partial charge in [0.05, 0.1) is 11.6 Å². The molecule has 84 valence electrons. The Bertz CT molecular complexity index is 580. The van der Waals surface area contributed by atoms with Crippen LogP contribution >= 0.6 is 0 Å². The predicted octanol–water partition coefficient (Wildman–Crippen LogP) is 3.92. The first kappa shape index (κ1) is 11.2. The second kappa shape index (κ2) is 4.71. The molecule has 1 N–H and O–H groups in total. The quantitative estimate of drug-likeness (QED) is 0.836. The van der Waals surface area contributed by atoms with Crippen LogP contribution in [0, 0.1) is 25.2 Å². The lowest BCUT2D eigenvalue weighted by Crippen LogP contribution is -1.94. The van der Waals surface area contributed by atoms with Crippen LogP contribution in [0.25, 0.3) is 0 Å². The van der Waals surface area contributed by atoms with E-state index in [-0.39, 0.29) is 0 Å². The molecule has 0 saturated heterocycles. The van der Waals surface area contributed by atoms with Gasteiger partial charge in [-0.1, -0.05) is 18.2 Å². The molecule has 2 rings (SSSR count). The van der Waals surface area contributed by atoms with Crippen molar-refractivity contribution >= 4 is 11.4 Å². The molecule has 0 saturated carbocycles. The minimum atomic E-state index is 0.667. The maximum Gasteiger partial charge on any atom is 0.0992 e. The van der Waals surface area contributed by atoms with Crippen LogP contribution in [-0.2, 0) is 0 Å². The fourth-order valence-electron chi connectivity index (χ4n) is 1.71. The zero-order valence-electron chi connectivity index (χ0n) is 9.99. The Morgan fingerprint density at radius 1 is 1.06 bits per heavy atom. The van der Waals surface area contributed by atoms with Crippen molar-refractivity contribution in [3.05, 3.63) is 59.2 Å². The van der Waals surface area contributed by atoms with E-state index in [0.29, 0.717) is 5.56 Å². The summed E-state index contributed by atoms with van der Waals surface area (Å²) in [7, 11) is 0. The topological polar surface area (TPSA) is 35.8 Å². The third-order valence-electron chi connectivity index (χ3n) is 2.88. The first-order valence-electron chi connectivity index (χ1n) is 5.54. The number of rotatable bonds is 2. The molecular formula is C15H14N2. The highest BCUT2D eigenvalue weighted by Crippen LogP contribution is 2.23. The van der Waals surface area contributed by atoms with Gasteiger partial charge in [0.15, 0.2) is 0 Å². The van der Waals surface area contributed by atoms with E-state index < -0.39 is 0 Å². The van der Waals surface area contributed by atoms with Gasteiger partial charge in [-0.3, -0.25) is 0 Å². The lowest BCUT2D eigenvalue weighted by molar-refractivity contribution is 1.33. The third kappa shape index (κ3) is 2.46. The molecule has 2 aromatic rings. The summed E-state index contributed by atoms with van der Waals surface area (Å²) in [6.45, 7) is 4.18. The third-order valence-corrected chi connectivity index (χ3v) is 2.88. The molecule has 0 aromatic heterocycles. The normalized spacial score (nSPS) is 9.71. The summed E-state index contributed by atoms with van der Waals surface area (Å²) in [5, 5.41) is 12.2. The number of benzene rings is 2. The Morgan fingerprint density at radius 2 is 1.82 bits per heavy atom. The van der Waals surface area contributed by atoms with E-state index in [4.69, 9.17) is 5.26 Å². The zero-order chi connectivity index (χ0) is 12.3. The van der Waals surface area contributed by atoms with Crippen LogP contribution in [0.3, 0.4) is 0 Å². The van der Waals surface area contributed by atoms with Gasteiger partial charge in [0, 0.05) is 11.4 Å². The van der Waals surface area contributed by atoms with Crippen LogP contribution in [0.2, 0.25) is 0 Å². The van der Waals surface area contributed by atoms with Gasteiger partial charge in [-0.05, 0) is 49.2 Å². The molecule has 0 atom stereocenters. The molecule has 2 nitrogen and oxygen atoms in total. The van der Waals surface area contributed by atoms with Crippen molar-refractivity contribution in [2.24, 2.45) is 0 Å². The number of anilines is 2. The van der Waals surface area contributed by atoms with Gasteiger partial charge in [-0.25, -0.2) is 0 Å². The van der Waals surface area contributed by atoms with E-state index in [1.165, 1.54) is 11.1 Å². The molecule has 0 aliphatic carbocycles. The van der Waals surface area contributed by atoms with Gasteiger partial charge in [0.1, 0.15) is 0 Å². The van der Waals surface area contributed by atoms with E-state index in [9.17, 15) is 0 Å². The number of aryl methyl sites for hydroxylation is 1. The Morgan fingerprint density at radius 3 is 2.59 bits per heavy atom. The predicted molar refractivity (Wildman–Crippen MR) is 70.4 cm³/mol. The van der Waals surface area contributed by atoms with Crippen molar-refractivity contribution < 1.29 is 0 Å². The summed E-state index contributed by atoms with van der Waals surface area (Å²) >= 11 is 0. The van der Waals surface area contributed by atoms with Crippen molar-refractivity contribution in [1.82, 2.24) is 0 Å². The number of nitrogens with one attached hydrogen (secondary N) is 1. The van der Waals surface area contributed by atoms with Gasteiger partial charge >= 0.3 is 0 Å². The number of hydrogen-bond donors (Lipinski definition) is 1. The lowest BCUT2D eigenvalue weighted by Gasteiger charge is -2.11. The van der Waals surface area contributed by atoms with Gasteiger partial charge in [-0.2, -0.15) is 5.26 Å². The highest BCUT2D eigenvalue weighted by atomic mass is 14.9. The average molecular weight is 222 g/mol. The molecular weight excluding hydrogens is 208 g/mol. The Kier molecular flexibility index (Phi) is 3.11. The molecule has 0 fully saturated rings. The monoisotopic (exact) mass is 222 g/mol. The summed E-state index contributed by atoms with van der Waals surface area (Å²) in [4.78, 5) is 0. The SMILES string of the molecule is Cc1cccc(Nc2cccc(C#N)c2)c1C. The zero-order valence-corrected chi connectivity index (χ0v) is 9.99. The number of hydrogen-bond acceptors (Lipinski definition) is 2. The minimum absolute atomic E-state index is 0.667. The molecule has 2 aromatic carbocycles. The van der Waals surface area contributed by atoms with Crippen LogP contribution in [0.5, 0.6) is 0 Å². The Hall–Kier alpha value is -2.27. The fraction of sp³-hybridized carbons (Fsp3) is 0.133. The van der Waals surface area contributed by atoms with Gasteiger partial charge < -0.3 is 5.32 Å². The molecule has 0 aliphatic heterocycles. The molecule has 0 radical (unpaired) electrons. The Labute approximate surface area is 102 Å². The van der Waals surface area contributed by atoms with E-state index in [2.05, 4.69) is 31.3 Å². The second-order valence-corrected chi connectivity index (χ2v) is 4.07. The molecule has 17 heavy (non-hydrogen) atoms. The van der Waals surface area contributed by atoms with Crippen molar-refractivity contribution in [1.29, 1.82) is 5.26 Å². The summed E-state index contributed by atoms with van der Waals surface area (Å²) in [6, 6.07) is 15.8. The van der Waals surface area contributed by atoms with E-state index in [1.54, 1.807) is 6.07 Å². The largest absolute Gasteiger partial charge is 0.355 e. The molecule has 0 bridgehead atoms. The summed E-state index contributed by atoms with van der Waals surface area (Å²) in [5.74, 6) is 0. The van der Waals surface area contributed by atoms with Crippen molar-refractivity contribution in [2.45, 2.75) is 13.8 Å². The second-order valence-electron chi connectivity index (χ2n) is 4.07. The highest BCUT2D eigenvalue weighted by molar-refractivity contribution is 5.65. The van der Waals surface area contributed by atoms with Crippen LogP contribution in [0.1, 0.15) is 16.7 Å². The van der Waals surface area contributed by atoms with Crippen LogP contribution in [-0.4, -0.2) is 0 Å². The molecule has 0 amide bonds. The summed E-state index contributed by atoms with van der Waals surface area (Å²) in [5.41, 5.74) is 5.18. The summed E-state index contributed by atoms with van der Waals surface area (Å²) < 4.78 is 0. The maximum absolute atomic E-state index is 8.85. The molecule has 0 spiro atoms. The van der Waals surface area contributed by atoms with Crippen molar-refractivity contribution in [3.63, 3.8) is 0 Å². The average Bonchev–Trinajstić information content (AvgIpc) is 2.35. The van der Waals surface area contributed by atoms with Crippen LogP contribution in [0.15, 0.2) is 42.5 Å². The molecule has 2 heteroatoms. The van der Waals surface area contributed by atoms with Gasteiger partial charge in [0.25, 0.3) is 0 Å². The van der Waals surface area contributed by atoms with E-state index in [0.717, 1.165) is 11.4 Å². The number of nitrogens with zero attached hydrogens (tertiary/aromatic N) is 1. The van der Waals surface area contributed by atoms with Crippen molar-refractivity contribution in [2.75, 3.05) is 5.32 Å². The number of nitriles is 1. The molecule has 0 heterocycles. The lowest BCUT2D eigenvalue weighted by atomic mass is 10.1. The van der Waals surface area contributed by atoms with E-state index in [1.807, 2.05) is 30.3 Å². The minimum Gasteiger partial charge on any atom is -0.355 e. The Balaban J connectivity index is 2.32. The molecule has 0 aliphatic rings. The first-order valence-corrected chi connectivity index (χ1v) is 5.54. The van der Waals surface area contributed by atoms with Crippen LogP contribution in [0.4, 0.5) is 11.4 Å². The smallest absolute Gasteiger partial charge is 0.0992 e. The molecule has 0 unspecified atom stereocenters. The van der Waals surface area contributed by atoms with Gasteiger partial charge in [-0.15, -0.1) is 0 Å².